The van der Waals surface area contributed by atoms with Crippen LogP contribution in [0.25, 0.3) is 44.1 Å². The molecule has 1 aromatic heterocycles. The van der Waals surface area contributed by atoms with Crippen molar-refractivity contribution in [3.63, 3.8) is 0 Å². The Hall–Kier alpha value is -3.52. The number of fused-ring (bicyclic) bond motifs is 3. The molecular weight excluding hydrogens is 484 g/mol. The van der Waals surface area contributed by atoms with Crippen LogP contribution in [0.2, 0.25) is 0 Å². The van der Waals surface area contributed by atoms with E-state index in [0.717, 1.165) is 19.4 Å². The van der Waals surface area contributed by atoms with Crippen LogP contribution in [0.3, 0.4) is 0 Å². The third-order valence-electron chi connectivity index (χ3n) is 8.32. The Morgan fingerprint density at radius 1 is 0.550 bits per heavy atom. The fourth-order valence-electron chi connectivity index (χ4n) is 6.11. The molecule has 0 saturated carbocycles. The van der Waals surface area contributed by atoms with Crippen molar-refractivity contribution in [1.82, 2.24) is 4.98 Å². The number of anilines is 1. The van der Waals surface area contributed by atoms with E-state index < -0.39 is 0 Å². The summed E-state index contributed by atoms with van der Waals surface area (Å²) < 4.78 is 0. The van der Waals surface area contributed by atoms with Gasteiger partial charge in [0.15, 0.2) is 0 Å². The van der Waals surface area contributed by atoms with Gasteiger partial charge in [-0.05, 0) is 96.3 Å². The van der Waals surface area contributed by atoms with Crippen LogP contribution >= 0.6 is 0 Å². The Morgan fingerprint density at radius 2 is 1.15 bits per heavy atom. The average molecular weight is 531 g/mol. The molecule has 2 N–H and O–H groups in total. The normalized spacial score (nSPS) is 11.5. The number of para-hydroxylation sites is 1. The van der Waals surface area contributed by atoms with Crippen LogP contribution in [0, 0.1) is 0 Å². The van der Waals surface area contributed by atoms with E-state index in [4.69, 9.17) is 0 Å². The van der Waals surface area contributed by atoms with Gasteiger partial charge in [0, 0.05) is 34.0 Å². The zero-order valence-electron chi connectivity index (χ0n) is 24.8. The third kappa shape index (κ3) is 6.44. The molecule has 0 bridgehead atoms. The highest BCUT2D eigenvalue weighted by Crippen LogP contribution is 2.37. The van der Waals surface area contributed by atoms with Gasteiger partial charge in [-0.15, -0.1) is 0 Å². The van der Waals surface area contributed by atoms with E-state index in [-0.39, 0.29) is 0 Å². The number of H-pyrrole nitrogens is 1. The summed E-state index contributed by atoms with van der Waals surface area (Å²) in [5.41, 5.74) is 12.1. The van der Waals surface area contributed by atoms with Crippen molar-refractivity contribution < 1.29 is 0 Å². The van der Waals surface area contributed by atoms with Gasteiger partial charge in [0.25, 0.3) is 0 Å². The van der Waals surface area contributed by atoms with Crippen LogP contribution in [0.1, 0.15) is 83.3 Å². The van der Waals surface area contributed by atoms with Crippen molar-refractivity contribution in [2.24, 2.45) is 0 Å². The number of unbranched alkanes of at least 4 members (excludes halogenated alkanes) is 6. The molecule has 0 atom stereocenters. The summed E-state index contributed by atoms with van der Waals surface area (Å²) in [4.78, 5) is 3.61. The van der Waals surface area contributed by atoms with E-state index in [2.05, 4.69) is 110 Å². The number of nitrogens with one attached hydrogen (secondary N) is 2. The van der Waals surface area contributed by atoms with Gasteiger partial charge >= 0.3 is 0 Å². The van der Waals surface area contributed by atoms with E-state index in [1.165, 1.54) is 112 Å². The molecule has 0 unspecified atom stereocenters. The lowest BCUT2D eigenvalue weighted by molar-refractivity contribution is 0.664. The maximum atomic E-state index is 3.61. The number of hydrogen-bond donors (Lipinski definition) is 2. The second kappa shape index (κ2) is 13.7. The summed E-state index contributed by atoms with van der Waals surface area (Å²) in [5, 5.41) is 6.08. The fourth-order valence-corrected chi connectivity index (χ4v) is 6.11. The first-order valence-electron chi connectivity index (χ1n) is 15.7. The topological polar surface area (TPSA) is 27.8 Å². The molecule has 0 aliphatic rings. The maximum absolute atomic E-state index is 3.61. The van der Waals surface area contributed by atoms with E-state index in [0.29, 0.717) is 0 Å². The van der Waals surface area contributed by atoms with Gasteiger partial charge in [0.2, 0.25) is 0 Å². The van der Waals surface area contributed by atoms with Gasteiger partial charge in [0.1, 0.15) is 0 Å². The molecule has 0 radical (unpaired) electrons. The van der Waals surface area contributed by atoms with E-state index in [1.54, 1.807) is 0 Å². The van der Waals surface area contributed by atoms with Gasteiger partial charge in [-0.3, -0.25) is 0 Å². The lowest BCUT2D eigenvalue weighted by Crippen LogP contribution is -1.99. The van der Waals surface area contributed by atoms with Crippen LogP contribution in [-0.2, 0) is 12.8 Å². The molecular formula is C38H46N2. The second-order valence-electron chi connectivity index (χ2n) is 11.3. The van der Waals surface area contributed by atoms with Crippen molar-refractivity contribution in [2.75, 3.05) is 11.9 Å². The molecule has 2 nitrogen and oxygen atoms in total. The first-order chi connectivity index (χ1) is 19.7. The largest absolute Gasteiger partial charge is 0.385 e. The Bertz CT molecular complexity index is 1520. The first kappa shape index (κ1) is 28.0. The first-order valence-corrected chi connectivity index (χ1v) is 15.7. The minimum absolute atomic E-state index is 0.944. The van der Waals surface area contributed by atoms with Crippen LogP contribution in [0.15, 0.2) is 78.9 Å². The predicted octanol–water partition coefficient (Wildman–Crippen LogP) is 11.3. The second-order valence-corrected chi connectivity index (χ2v) is 11.3. The zero-order valence-corrected chi connectivity index (χ0v) is 24.8. The monoisotopic (exact) mass is 530 g/mol. The number of rotatable bonds is 14. The fraction of sp³-hybridized carbons (Fsp3) is 0.368. The average Bonchev–Trinajstić information content (AvgIpc) is 3.36. The molecule has 0 aliphatic carbocycles. The standard InChI is InChI=1S/C38H46N2/c1-4-7-9-11-15-29-26-35(31-21-24-38-36(27-31)33-17-13-14-18-37(33)40-38)30(16-12-10-8-5-2)25-34(29)28-19-22-32(23-20-28)39-6-3/h13-14,17-27,39-40H,4-12,15-16H2,1-3H3. The quantitative estimate of drug-likeness (QED) is 0.137. The van der Waals surface area contributed by atoms with Crippen LogP contribution in [-0.4, -0.2) is 11.5 Å². The molecule has 4 aromatic carbocycles. The number of aryl methyl sites for hydroxylation is 2. The Kier molecular flexibility index (Phi) is 9.60. The third-order valence-corrected chi connectivity index (χ3v) is 8.32. The number of aromatic nitrogens is 1. The SMILES string of the molecule is CCCCCCc1cc(-c2ccc3[nH]c4ccccc4c3c2)c(CCCCCC)cc1-c1ccc(NCC)cc1. The molecule has 2 heteroatoms. The van der Waals surface area contributed by atoms with E-state index >= 15 is 0 Å². The van der Waals surface area contributed by atoms with Crippen LogP contribution < -0.4 is 5.32 Å². The molecule has 5 aromatic rings. The van der Waals surface area contributed by atoms with Crippen molar-refractivity contribution in [3.8, 4) is 22.3 Å². The highest BCUT2D eigenvalue weighted by molar-refractivity contribution is 6.08. The highest BCUT2D eigenvalue weighted by atomic mass is 14.8. The molecule has 0 aliphatic heterocycles. The molecule has 208 valence electrons. The number of benzene rings is 4. The molecule has 40 heavy (non-hydrogen) atoms. The van der Waals surface area contributed by atoms with Gasteiger partial charge in [0.05, 0.1) is 0 Å². The molecule has 0 spiro atoms. The summed E-state index contributed by atoms with van der Waals surface area (Å²) in [6.07, 6.45) is 12.5. The maximum Gasteiger partial charge on any atom is 0.0465 e. The van der Waals surface area contributed by atoms with Crippen molar-refractivity contribution >= 4 is 27.5 Å². The summed E-state index contributed by atoms with van der Waals surface area (Å²) in [6.45, 7) is 7.69. The lowest BCUT2D eigenvalue weighted by Gasteiger charge is -2.18. The van der Waals surface area contributed by atoms with Crippen molar-refractivity contribution in [1.29, 1.82) is 0 Å². The van der Waals surface area contributed by atoms with Crippen LogP contribution in [0.5, 0.6) is 0 Å². The molecule has 1 heterocycles. The van der Waals surface area contributed by atoms with Gasteiger partial charge in [-0.25, -0.2) is 0 Å². The minimum atomic E-state index is 0.944. The molecule has 0 saturated heterocycles. The lowest BCUT2D eigenvalue weighted by atomic mass is 9.86. The Balaban J connectivity index is 1.61. The van der Waals surface area contributed by atoms with Crippen molar-refractivity contribution in [3.05, 3.63) is 90.0 Å². The zero-order chi connectivity index (χ0) is 27.7. The highest BCUT2D eigenvalue weighted by Gasteiger charge is 2.15. The summed E-state index contributed by atoms with van der Waals surface area (Å²) in [7, 11) is 0. The summed E-state index contributed by atoms with van der Waals surface area (Å²) >= 11 is 0. The van der Waals surface area contributed by atoms with Gasteiger partial charge in [-0.1, -0.05) is 101 Å². The number of hydrogen-bond acceptors (Lipinski definition) is 1. The number of aromatic amines is 1. The molecule has 0 fully saturated rings. The smallest absolute Gasteiger partial charge is 0.0465 e. The summed E-state index contributed by atoms with van der Waals surface area (Å²) in [6, 6.07) is 29.9. The Labute approximate surface area is 241 Å². The van der Waals surface area contributed by atoms with Crippen LogP contribution in [0.4, 0.5) is 5.69 Å². The van der Waals surface area contributed by atoms with E-state index in [9.17, 15) is 0 Å². The van der Waals surface area contributed by atoms with Crippen molar-refractivity contribution in [2.45, 2.75) is 85.0 Å². The van der Waals surface area contributed by atoms with E-state index in [1.807, 2.05) is 0 Å². The minimum Gasteiger partial charge on any atom is -0.385 e. The van der Waals surface area contributed by atoms with Gasteiger partial charge in [-0.2, -0.15) is 0 Å². The predicted molar refractivity (Wildman–Crippen MR) is 177 cm³/mol. The molecule has 5 rings (SSSR count). The molecule has 0 amide bonds. The van der Waals surface area contributed by atoms with Gasteiger partial charge < -0.3 is 10.3 Å². The Morgan fingerprint density at radius 3 is 1.80 bits per heavy atom. The summed E-state index contributed by atoms with van der Waals surface area (Å²) in [5.74, 6) is 0.